The first-order chi connectivity index (χ1) is 8.13. The van der Waals surface area contributed by atoms with E-state index in [2.05, 4.69) is 24.5 Å². The van der Waals surface area contributed by atoms with Crippen molar-refractivity contribution < 1.29 is 0 Å². The zero-order valence-electron chi connectivity index (χ0n) is 11.3. The highest BCUT2D eigenvalue weighted by molar-refractivity contribution is 7.09. The van der Waals surface area contributed by atoms with Gasteiger partial charge in [-0.25, -0.2) is 4.98 Å². The molecule has 0 unspecified atom stereocenters. The SMILES string of the molecule is CNCC(C)(C)c1nc(C2CCCCC2)cs1. The molecule has 1 N–H and O–H groups in total. The summed E-state index contributed by atoms with van der Waals surface area (Å²) in [5.74, 6) is 0.735. The molecule has 17 heavy (non-hydrogen) atoms. The molecule has 0 aromatic carbocycles. The fourth-order valence-electron chi connectivity index (χ4n) is 2.70. The molecule has 96 valence electrons. The van der Waals surface area contributed by atoms with Gasteiger partial charge in [0.1, 0.15) is 0 Å². The average Bonchev–Trinajstić information content (AvgIpc) is 2.80. The molecule has 1 fully saturated rings. The van der Waals surface area contributed by atoms with E-state index in [9.17, 15) is 0 Å². The summed E-state index contributed by atoms with van der Waals surface area (Å²) < 4.78 is 0. The first kappa shape index (κ1) is 13.0. The van der Waals surface area contributed by atoms with Gasteiger partial charge in [0, 0.05) is 23.3 Å². The Morgan fingerprint density at radius 2 is 2.06 bits per heavy atom. The van der Waals surface area contributed by atoms with Crippen molar-refractivity contribution in [2.24, 2.45) is 0 Å². The summed E-state index contributed by atoms with van der Waals surface area (Å²) in [5, 5.41) is 6.84. The summed E-state index contributed by atoms with van der Waals surface area (Å²) in [4.78, 5) is 4.90. The highest BCUT2D eigenvalue weighted by Crippen LogP contribution is 2.35. The van der Waals surface area contributed by atoms with Crippen LogP contribution in [0, 0.1) is 0 Å². The molecule has 0 atom stereocenters. The van der Waals surface area contributed by atoms with E-state index < -0.39 is 0 Å². The highest BCUT2D eigenvalue weighted by Gasteiger charge is 2.25. The number of nitrogens with zero attached hydrogens (tertiary/aromatic N) is 1. The summed E-state index contributed by atoms with van der Waals surface area (Å²) in [6, 6.07) is 0. The molecular formula is C14H24N2S. The number of hydrogen-bond donors (Lipinski definition) is 1. The van der Waals surface area contributed by atoms with Crippen LogP contribution < -0.4 is 5.32 Å². The van der Waals surface area contributed by atoms with Crippen molar-refractivity contribution in [3.63, 3.8) is 0 Å². The second-order valence-electron chi connectivity index (χ2n) is 5.83. The largest absolute Gasteiger partial charge is 0.319 e. The molecule has 1 aliphatic rings. The van der Waals surface area contributed by atoms with Gasteiger partial charge in [0.25, 0.3) is 0 Å². The van der Waals surface area contributed by atoms with Crippen LogP contribution in [0.15, 0.2) is 5.38 Å². The summed E-state index contributed by atoms with van der Waals surface area (Å²) in [6.07, 6.45) is 6.87. The van der Waals surface area contributed by atoms with E-state index in [4.69, 9.17) is 4.98 Å². The minimum absolute atomic E-state index is 0.159. The van der Waals surface area contributed by atoms with Gasteiger partial charge < -0.3 is 5.32 Å². The number of rotatable bonds is 4. The molecule has 0 saturated heterocycles. The second-order valence-corrected chi connectivity index (χ2v) is 6.68. The molecule has 3 heteroatoms. The van der Waals surface area contributed by atoms with E-state index >= 15 is 0 Å². The van der Waals surface area contributed by atoms with E-state index in [0.29, 0.717) is 0 Å². The number of hydrogen-bond acceptors (Lipinski definition) is 3. The quantitative estimate of drug-likeness (QED) is 0.884. The molecular weight excluding hydrogens is 228 g/mol. The Hall–Kier alpha value is -0.410. The molecule has 1 aliphatic carbocycles. The van der Waals surface area contributed by atoms with Crippen LogP contribution in [-0.2, 0) is 5.41 Å². The zero-order valence-corrected chi connectivity index (χ0v) is 12.1. The third-order valence-corrected chi connectivity index (χ3v) is 4.97. The van der Waals surface area contributed by atoms with E-state index in [0.717, 1.165) is 12.5 Å². The van der Waals surface area contributed by atoms with Crippen LogP contribution in [0.3, 0.4) is 0 Å². The first-order valence-corrected chi connectivity index (χ1v) is 7.62. The molecule has 1 aromatic rings. The molecule has 0 amide bonds. The van der Waals surface area contributed by atoms with Gasteiger partial charge in [0.15, 0.2) is 0 Å². The van der Waals surface area contributed by atoms with Gasteiger partial charge in [0.05, 0.1) is 10.7 Å². The molecule has 2 nitrogen and oxygen atoms in total. The summed E-state index contributed by atoms with van der Waals surface area (Å²) in [5.41, 5.74) is 1.51. The fraction of sp³-hybridized carbons (Fsp3) is 0.786. The number of aromatic nitrogens is 1. The van der Waals surface area contributed by atoms with Crippen molar-refractivity contribution in [2.45, 2.75) is 57.3 Å². The maximum Gasteiger partial charge on any atom is 0.0997 e. The Balaban J connectivity index is 2.09. The van der Waals surface area contributed by atoms with E-state index in [1.165, 1.54) is 42.8 Å². The second kappa shape index (κ2) is 5.49. The topological polar surface area (TPSA) is 24.9 Å². The van der Waals surface area contributed by atoms with Crippen molar-refractivity contribution in [3.8, 4) is 0 Å². The van der Waals surface area contributed by atoms with Gasteiger partial charge in [-0.1, -0.05) is 33.1 Å². The van der Waals surface area contributed by atoms with Crippen LogP contribution >= 0.6 is 11.3 Å². The molecule has 0 spiro atoms. The molecule has 1 saturated carbocycles. The third-order valence-electron chi connectivity index (χ3n) is 3.74. The number of nitrogens with one attached hydrogen (secondary N) is 1. The highest BCUT2D eigenvalue weighted by atomic mass is 32.1. The molecule has 1 heterocycles. The van der Waals surface area contributed by atoms with Crippen LogP contribution in [0.2, 0.25) is 0 Å². The van der Waals surface area contributed by atoms with E-state index in [-0.39, 0.29) is 5.41 Å². The van der Waals surface area contributed by atoms with Crippen LogP contribution in [-0.4, -0.2) is 18.6 Å². The normalized spacial score (nSPS) is 18.5. The predicted octanol–water partition coefficient (Wildman–Crippen LogP) is 3.69. The van der Waals surface area contributed by atoms with Gasteiger partial charge in [-0.2, -0.15) is 0 Å². The Morgan fingerprint density at radius 1 is 1.35 bits per heavy atom. The molecule has 0 radical (unpaired) electrons. The maximum absolute atomic E-state index is 4.90. The molecule has 1 aromatic heterocycles. The summed E-state index contributed by atoms with van der Waals surface area (Å²) in [6.45, 7) is 5.53. The van der Waals surface area contributed by atoms with Gasteiger partial charge in [0.2, 0.25) is 0 Å². The first-order valence-electron chi connectivity index (χ1n) is 6.74. The molecule has 2 rings (SSSR count). The lowest BCUT2D eigenvalue weighted by Gasteiger charge is -2.22. The molecule has 0 bridgehead atoms. The average molecular weight is 252 g/mol. The van der Waals surface area contributed by atoms with E-state index in [1.807, 2.05) is 18.4 Å². The predicted molar refractivity (Wildman–Crippen MR) is 74.9 cm³/mol. The Morgan fingerprint density at radius 3 is 2.71 bits per heavy atom. The molecule has 0 aliphatic heterocycles. The van der Waals surface area contributed by atoms with Crippen molar-refractivity contribution >= 4 is 11.3 Å². The van der Waals surface area contributed by atoms with Crippen molar-refractivity contribution in [1.29, 1.82) is 0 Å². The Bertz CT molecular complexity index is 351. The van der Waals surface area contributed by atoms with Crippen LogP contribution in [0.25, 0.3) is 0 Å². The van der Waals surface area contributed by atoms with Crippen molar-refractivity contribution in [2.75, 3.05) is 13.6 Å². The number of thiazole rings is 1. The van der Waals surface area contributed by atoms with Crippen LogP contribution in [0.4, 0.5) is 0 Å². The Labute approximate surface area is 109 Å². The zero-order chi connectivity index (χ0) is 12.3. The lowest BCUT2D eigenvalue weighted by molar-refractivity contribution is 0.433. The third kappa shape index (κ3) is 3.08. The van der Waals surface area contributed by atoms with Gasteiger partial charge >= 0.3 is 0 Å². The van der Waals surface area contributed by atoms with Crippen LogP contribution in [0.5, 0.6) is 0 Å². The maximum atomic E-state index is 4.90. The standard InChI is InChI=1S/C14H24N2S/c1-14(2,10-15-3)13-16-12(9-17-13)11-7-5-4-6-8-11/h9,11,15H,4-8,10H2,1-3H3. The number of likely N-dealkylation sites (N-methyl/N-ethyl adjacent to an activating group) is 1. The van der Waals surface area contributed by atoms with E-state index in [1.54, 1.807) is 0 Å². The monoisotopic (exact) mass is 252 g/mol. The lowest BCUT2D eigenvalue weighted by Crippen LogP contribution is -2.30. The van der Waals surface area contributed by atoms with Crippen LogP contribution in [0.1, 0.15) is 62.6 Å². The van der Waals surface area contributed by atoms with Crippen molar-refractivity contribution in [3.05, 3.63) is 16.1 Å². The minimum atomic E-state index is 0.159. The van der Waals surface area contributed by atoms with Gasteiger partial charge in [-0.15, -0.1) is 11.3 Å². The van der Waals surface area contributed by atoms with Gasteiger partial charge in [-0.05, 0) is 19.9 Å². The smallest absolute Gasteiger partial charge is 0.0997 e. The fourth-order valence-corrected chi connectivity index (χ4v) is 3.73. The lowest BCUT2D eigenvalue weighted by atomic mass is 9.87. The van der Waals surface area contributed by atoms with Gasteiger partial charge in [-0.3, -0.25) is 0 Å². The Kier molecular flexibility index (Phi) is 4.21. The van der Waals surface area contributed by atoms with Crippen molar-refractivity contribution in [1.82, 2.24) is 10.3 Å². The minimum Gasteiger partial charge on any atom is -0.319 e. The summed E-state index contributed by atoms with van der Waals surface area (Å²) in [7, 11) is 2.01. The summed E-state index contributed by atoms with van der Waals surface area (Å²) >= 11 is 1.84.